The zero-order chi connectivity index (χ0) is 12.4. The first-order valence-electron chi connectivity index (χ1n) is 5.23. The second-order valence-electron chi connectivity index (χ2n) is 3.87. The van der Waals surface area contributed by atoms with Crippen LogP contribution in [-0.4, -0.2) is 15.7 Å². The molecule has 1 amide bonds. The molecule has 0 bridgehead atoms. The highest BCUT2D eigenvalue weighted by molar-refractivity contribution is 6.04. The summed E-state index contributed by atoms with van der Waals surface area (Å²) in [5.41, 5.74) is 7.87. The highest BCUT2D eigenvalue weighted by Crippen LogP contribution is 2.14. The van der Waals surface area contributed by atoms with Gasteiger partial charge in [0.05, 0.1) is 6.20 Å². The molecule has 2 rings (SSSR count). The summed E-state index contributed by atoms with van der Waals surface area (Å²) in [5.74, 6) is 0.453. The van der Waals surface area contributed by atoms with Crippen molar-refractivity contribution in [3.05, 3.63) is 41.6 Å². The molecule has 0 fully saturated rings. The Bertz CT molecular complexity index is 559. The van der Waals surface area contributed by atoms with Crippen molar-refractivity contribution in [2.45, 2.75) is 6.92 Å². The van der Waals surface area contributed by atoms with Gasteiger partial charge in [0.1, 0.15) is 5.82 Å². The summed E-state index contributed by atoms with van der Waals surface area (Å²) in [6.45, 7) is 1.90. The average Bonchev–Trinajstić information content (AvgIpc) is 2.68. The molecule has 0 saturated carbocycles. The second-order valence-corrected chi connectivity index (χ2v) is 3.87. The SMILES string of the molecule is Cc1ccc(C(=O)Nc2ccnn2C)cc1N. The largest absolute Gasteiger partial charge is 0.398 e. The van der Waals surface area contributed by atoms with Crippen molar-refractivity contribution in [3.8, 4) is 0 Å². The van der Waals surface area contributed by atoms with Crippen molar-refractivity contribution >= 4 is 17.4 Å². The van der Waals surface area contributed by atoms with E-state index in [4.69, 9.17) is 5.73 Å². The molecule has 0 aliphatic heterocycles. The first-order chi connectivity index (χ1) is 8.08. The van der Waals surface area contributed by atoms with Gasteiger partial charge in [-0.15, -0.1) is 0 Å². The lowest BCUT2D eigenvalue weighted by atomic mass is 10.1. The van der Waals surface area contributed by atoms with Crippen LogP contribution in [-0.2, 0) is 7.05 Å². The van der Waals surface area contributed by atoms with Crippen molar-refractivity contribution in [3.63, 3.8) is 0 Å². The van der Waals surface area contributed by atoms with Gasteiger partial charge >= 0.3 is 0 Å². The molecule has 17 heavy (non-hydrogen) atoms. The van der Waals surface area contributed by atoms with Gasteiger partial charge in [-0.3, -0.25) is 9.48 Å². The summed E-state index contributed by atoms with van der Waals surface area (Å²) in [7, 11) is 1.76. The predicted molar refractivity (Wildman–Crippen MR) is 66.8 cm³/mol. The zero-order valence-corrected chi connectivity index (χ0v) is 9.77. The highest BCUT2D eigenvalue weighted by atomic mass is 16.1. The highest BCUT2D eigenvalue weighted by Gasteiger charge is 2.08. The van der Waals surface area contributed by atoms with Gasteiger partial charge in [0, 0.05) is 24.4 Å². The standard InChI is InChI=1S/C12H14N4O/c1-8-3-4-9(7-10(8)13)12(17)15-11-5-6-14-16(11)2/h3-7H,13H2,1-2H3,(H,15,17). The molecule has 2 aromatic rings. The quantitative estimate of drug-likeness (QED) is 0.769. The number of nitrogen functional groups attached to an aromatic ring is 1. The molecule has 0 aliphatic rings. The lowest BCUT2D eigenvalue weighted by molar-refractivity contribution is 0.102. The molecule has 3 N–H and O–H groups in total. The maximum absolute atomic E-state index is 11.9. The van der Waals surface area contributed by atoms with Gasteiger partial charge in [-0.25, -0.2) is 0 Å². The molecular weight excluding hydrogens is 216 g/mol. The number of rotatable bonds is 2. The molecule has 1 aromatic carbocycles. The first-order valence-corrected chi connectivity index (χ1v) is 5.23. The third-order valence-electron chi connectivity index (χ3n) is 2.60. The third kappa shape index (κ3) is 2.28. The smallest absolute Gasteiger partial charge is 0.256 e. The second kappa shape index (κ2) is 4.29. The summed E-state index contributed by atoms with van der Waals surface area (Å²) < 4.78 is 1.59. The van der Waals surface area contributed by atoms with E-state index in [0.29, 0.717) is 17.1 Å². The van der Waals surface area contributed by atoms with Gasteiger partial charge in [-0.1, -0.05) is 6.07 Å². The molecule has 1 aromatic heterocycles. The van der Waals surface area contributed by atoms with E-state index in [-0.39, 0.29) is 5.91 Å². The van der Waals surface area contributed by atoms with Crippen LogP contribution in [0.15, 0.2) is 30.5 Å². The predicted octanol–water partition coefficient (Wildman–Crippen LogP) is 1.56. The summed E-state index contributed by atoms with van der Waals surface area (Å²) in [5, 5.41) is 6.73. The van der Waals surface area contributed by atoms with E-state index in [9.17, 15) is 4.79 Å². The molecule has 5 nitrogen and oxygen atoms in total. The van der Waals surface area contributed by atoms with Gasteiger partial charge in [-0.2, -0.15) is 5.10 Å². The van der Waals surface area contributed by atoms with Gasteiger partial charge in [0.25, 0.3) is 5.91 Å². The fourth-order valence-electron chi connectivity index (χ4n) is 1.47. The Balaban J connectivity index is 2.20. The normalized spacial score (nSPS) is 10.2. The Morgan fingerprint density at radius 2 is 2.18 bits per heavy atom. The Hall–Kier alpha value is -2.30. The monoisotopic (exact) mass is 230 g/mol. The number of nitrogens with zero attached hydrogens (tertiary/aromatic N) is 2. The van der Waals surface area contributed by atoms with E-state index in [1.54, 1.807) is 36.1 Å². The van der Waals surface area contributed by atoms with Crippen molar-refractivity contribution in [2.75, 3.05) is 11.1 Å². The number of amides is 1. The van der Waals surface area contributed by atoms with Crippen LogP contribution in [0, 0.1) is 6.92 Å². The van der Waals surface area contributed by atoms with E-state index in [0.717, 1.165) is 5.56 Å². The molecule has 0 spiro atoms. The maximum Gasteiger partial charge on any atom is 0.256 e. The van der Waals surface area contributed by atoms with Crippen LogP contribution in [0.2, 0.25) is 0 Å². The number of benzene rings is 1. The van der Waals surface area contributed by atoms with Crippen molar-refractivity contribution in [1.82, 2.24) is 9.78 Å². The number of hydrogen-bond donors (Lipinski definition) is 2. The van der Waals surface area contributed by atoms with E-state index >= 15 is 0 Å². The summed E-state index contributed by atoms with van der Waals surface area (Å²) in [4.78, 5) is 11.9. The first kappa shape index (κ1) is 11.2. The molecule has 0 radical (unpaired) electrons. The molecule has 0 unspecified atom stereocenters. The molecular formula is C12H14N4O. The summed E-state index contributed by atoms with van der Waals surface area (Å²) in [6, 6.07) is 6.97. The minimum atomic E-state index is -0.194. The van der Waals surface area contributed by atoms with E-state index in [1.165, 1.54) is 0 Å². The van der Waals surface area contributed by atoms with Crippen LogP contribution in [0.1, 0.15) is 15.9 Å². The van der Waals surface area contributed by atoms with Crippen LogP contribution < -0.4 is 11.1 Å². The lowest BCUT2D eigenvalue weighted by Crippen LogP contribution is -2.14. The van der Waals surface area contributed by atoms with Crippen molar-refractivity contribution in [1.29, 1.82) is 0 Å². The number of carbonyl (C=O) groups is 1. The third-order valence-corrected chi connectivity index (χ3v) is 2.60. The zero-order valence-electron chi connectivity index (χ0n) is 9.77. The van der Waals surface area contributed by atoms with Crippen LogP contribution in [0.3, 0.4) is 0 Å². The Morgan fingerprint density at radius 3 is 2.76 bits per heavy atom. The fraction of sp³-hybridized carbons (Fsp3) is 0.167. The van der Waals surface area contributed by atoms with Crippen molar-refractivity contribution in [2.24, 2.45) is 7.05 Å². The molecule has 1 heterocycles. The van der Waals surface area contributed by atoms with Gasteiger partial charge in [0.2, 0.25) is 0 Å². The number of nitrogens with one attached hydrogen (secondary N) is 1. The number of carbonyl (C=O) groups excluding carboxylic acids is 1. The summed E-state index contributed by atoms with van der Waals surface area (Å²) >= 11 is 0. The van der Waals surface area contributed by atoms with E-state index in [2.05, 4.69) is 10.4 Å². The number of aromatic nitrogens is 2. The minimum absolute atomic E-state index is 0.194. The van der Waals surface area contributed by atoms with Crippen LogP contribution in [0.5, 0.6) is 0 Å². The molecule has 5 heteroatoms. The van der Waals surface area contributed by atoms with Crippen LogP contribution >= 0.6 is 0 Å². The average molecular weight is 230 g/mol. The van der Waals surface area contributed by atoms with E-state index in [1.807, 2.05) is 13.0 Å². The number of hydrogen-bond acceptors (Lipinski definition) is 3. The van der Waals surface area contributed by atoms with Gasteiger partial charge in [-0.05, 0) is 24.6 Å². The molecule has 0 atom stereocenters. The Kier molecular flexibility index (Phi) is 2.82. The number of nitrogens with two attached hydrogens (primary N) is 1. The Morgan fingerprint density at radius 1 is 1.41 bits per heavy atom. The Labute approximate surface area is 99.2 Å². The van der Waals surface area contributed by atoms with Crippen molar-refractivity contribution < 1.29 is 4.79 Å². The molecule has 0 saturated heterocycles. The summed E-state index contributed by atoms with van der Waals surface area (Å²) in [6.07, 6.45) is 1.62. The fourth-order valence-corrected chi connectivity index (χ4v) is 1.47. The van der Waals surface area contributed by atoms with Crippen LogP contribution in [0.25, 0.3) is 0 Å². The minimum Gasteiger partial charge on any atom is -0.398 e. The molecule has 88 valence electrons. The van der Waals surface area contributed by atoms with E-state index < -0.39 is 0 Å². The number of anilines is 2. The number of aryl methyl sites for hydroxylation is 2. The maximum atomic E-state index is 11.9. The van der Waals surface area contributed by atoms with Gasteiger partial charge in [0.15, 0.2) is 0 Å². The van der Waals surface area contributed by atoms with Crippen LogP contribution in [0.4, 0.5) is 11.5 Å². The van der Waals surface area contributed by atoms with Gasteiger partial charge < -0.3 is 11.1 Å². The topological polar surface area (TPSA) is 72.9 Å². The lowest BCUT2D eigenvalue weighted by Gasteiger charge is -2.07. The molecule has 0 aliphatic carbocycles.